The lowest BCUT2D eigenvalue weighted by Gasteiger charge is -2.26. The zero-order chi connectivity index (χ0) is 18.1. The molecular weight excluding hydrogens is 322 g/mol. The van der Waals surface area contributed by atoms with Gasteiger partial charge in [-0.25, -0.2) is 9.59 Å². The van der Waals surface area contributed by atoms with Crippen molar-refractivity contribution in [3.63, 3.8) is 0 Å². The molecule has 2 rings (SSSR count). The highest BCUT2D eigenvalue weighted by molar-refractivity contribution is 6.01. The van der Waals surface area contributed by atoms with E-state index in [1.54, 1.807) is 36.4 Å². The molecule has 0 fully saturated rings. The maximum absolute atomic E-state index is 12.2. The Labute approximate surface area is 145 Å². The highest BCUT2D eigenvalue weighted by Crippen LogP contribution is 2.14. The van der Waals surface area contributed by atoms with Gasteiger partial charge < -0.3 is 14.3 Å². The topological polar surface area (TPSA) is 81.7 Å². The molecule has 0 radical (unpaired) electrons. The zero-order valence-corrected chi connectivity index (χ0v) is 13.8. The van der Waals surface area contributed by atoms with Gasteiger partial charge in [-0.1, -0.05) is 60.7 Å². The number of hydrogen-bond acceptors (Lipinski definition) is 5. The van der Waals surface area contributed by atoms with E-state index in [9.17, 15) is 14.4 Å². The van der Waals surface area contributed by atoms with Crippen LogP contribution in [0.5, 0.6) is 0 Å². The lowest BCUT2D eigenvalue weighted by atomic mass is 9.92. The molecule has 1 N–H and O–H groups in total. The van der Waals surface area contributed by atoms with Gasteiger partial charge in [0.15, 0.2) is 6.29 Å². The van der Waals surface area contributed by atoms with E-state index in [-0.39, 0.29) is 13.0 Å². The average molecular weight is 341 g/mol. The molecule has 0 saturated carbocycles. The quantitative estimate of drug-likeness (QED) is 0.475. The second-order valence-corrected chi connectivity index (χ2v) is 5.43. The summed E-state index contributed by atoms with van der Waals surface area (Å²) in [4.78, 5) is 35.9. The first kappa shape index (κ1) is 18.2. The summed E-state index contributed by atoms with van der Waals surface area (Å²) in [7, 11) is 1.16. The summed E-state index contributed by atoms with van der Waals surface area (Å²) < 4.78 is 9.80. The maximum atomic E-state index is 12.2. The fourth-order valence-corrected chi connectivity index (χ4v) is 2.33. The Morgan fingerprint density at radius 2 is 1.56 bits per heavy atom. The minimum atomic E-state index is -1.84. The number of aldehydes is 1. The molecule has 0 saturated heterocycles. The number of alkyl carbamates (subject to hydrolysis) is 1. The molecule has 2 aromatic carbocycles. The minimum absolute atomic E-state index is 0.0219. The number of rotatable bonds is 7. The Morgan fingerprint density at radius 3 is 2.08 bits per heavy atom. The van der Waals surface area contributed by atoms with Gasteiger partial charge in [0.05, 0.1) is 7.11 Å². The molecule has 0 aromatic heterocycles. The summed E-state index contributed by atoms with van der Waals surface area (Å²) in [5.41, 5.74) is -0.358. The van der Waals surface area contributed by atoms with Gasteiger partial charge in [0, 0.05) is 6.42 Å². The highest BCUT2D eigenvalue weighted by atomic mass is 16.6. The molecule has 0 aliphatic heterocycles. The van der Waals surface area contributed by atoms with Crippen molar-refractivity contribution in [3.05, 3.63) is 71.8 Å². The first-order valence-corrected chi connectivity index (χ1v) is 7.67. The van der Waals surface area contributed by atoms with E-state index >= 15 is 0 Å². The zero-order valence-electron chi connectivity index (χ0n) is 13.8. The largest absolute Gasteiger partial charge is 0.467 e. The number of benzene rings is 2. The van der Waals surface area contributed by atoms with E-state index in [4.69, 9.17) is 9.47 Å². The van der Waals surface area contributed by atoms with Crippen molar-refractivity contribution in [3.8, 4) is 0 Å². The van der Waals surface area contributed by atoms with E-state index in [0.717, 1.165) is 12.7 Å². The molecule has 6 heteroatoms. The van der Waals surface area contributed by atoms with Crippen molar-refractivity contribution in [2.75, 3.05) is 7.11 Å². The van der Waals surface area contributed by atoms with Crippen molar-refractivity contribution in [1.82, 2.24) is 5.32 Å². The number of carbonyl (C=O) groups is 3. The van der Waals surface area contributed by atoms with Crippen LogP contribution in [0.2, 0.25) is 0 Å². The van der Waals surface area contributed by atoms with Crippen LogP contribution < -0.4 is 5.32 Å². The van der Waals surface area contributed by atoms with Crippen LogP contribution in [0, 0.1) is 0 Å². The standard InChI is InChI=1S/C19H19NO5/c1-24-17(22)19(14-21,12-15-8-4-2-5-9-15)20-18(23)25-13-16-10-6-3-7-11-16/h2-11,14H,12-13H2,1H3,(H,20,23)/t19-/m0/s1. The van der Waals surface area contributed by atoms with Gasteiger partial charge in [-0.2, -0.15) is 0 Å². The number of methoxy groups -OCH3 is 1. The lowest BCUT2D eigenvalue weighted by Crippen LogP contribution is -2.58. The molecular formula is C19H19NO5. The highest BCUT2D eigenvalue weighted by Gasteiger charge is 2.42. The van der Waals surface area contributed by atoms with Crippen LogP contribution in [0.15, 0.2) is 60.7 Å². The lowest BCUT2D eigenvalue weighted by molar-refractivity contribution is -0.150. The van der Waals surface area contributed by atoms with Crippen molar-refractivity contribution >= 4 is 18.3 Å². The van der Waals surface area contributed by atoms with Crippen LogP contribution in [-0.2, 0) is 32.1 Å². The summed E-state index contributed by atoms with van der Waals surface area (Å²) in [5.74, 6) is -0.858. The molecule has 0 heterocycles. The van der Waals surface area contributed by atoms with E-state index in [2.05, 4.69) is 5.32 Å². The van der Waals surface area contributed by atoms with Crippen LogP contribution in [0.4, 0.5) is 4.79 Å². The fraction of sp³-hybridized carbons (Fsp3) is 0.211. The third-order valence-electron chi connectivity index (χ3n) is 3.61. The van der Waals surface area contributed by atoms with E-state index in [0.29, 0.717) is 11.8 Å². The molecule has 0 spiro atoms. The first-order valence-electron chi connectivity index (χ1n) is 7.67. The number of hydrogen-bond donors (Lipinski definition) is 1. The van der Waals surface area contributed by atoms with E-state index < -0.39 is 17.6 Å². The van der Waals surface area contributed by atoms with Crippen molar-refractivity contribution < 1.29 is 23.9 Å². The summed E-state index contributed by atoms with van der Waals surface area (Å²) in [6.07, 6.45) is -0.544. The third kappa shape index (κ3) is 4.91. The second kappa shape index (κ2) is 8.63. The normalized spacial score (nSPS) is 12.5. The Hall–Kier alpha value is -3.15. The average Bonchev–Trinajstić information content (AvgIpc) is 2.66. The molecule has 0 unspecified atom stereocenters. The molecule has 1 amide bonds. The molecule has 130 valence electrons. The number of esters is 1. The van der Waals surface area contributed by atoms with Gasteiger partial charge >= 0.3 is 12.1 Å². The summed E-state index contributed by atoms with van der Waals surface area (Å²) in [6, 6.07) is 17.9. The predicted octanol–water partition coefficient (Wildman–Crippen LogP) is 2.27. The number of carbonyl (C=O) groups excluding carboxylic acids is 3. The van der Waals surface area contributed by atoms with Gasteiger partial charge in [0.25, 0.3) is 0 Å². The molecule has 0 bridgehead atoms. The molecule has 0 aliphatic carbocycles. The second-order valence-electron chi connectivity index (χ2n) is 5.43. The van der Waals surface area contributed by atoms with Crippen molar-refractivity contribution in [2.24, 2.45) is 0 Å². The van der Waals surface area contributed by atoms with Crippen LogP contribution in [0.25, 0.3) is 0 Å². The molecule has 25 heavy (non-hydrogen) atoms. The fourth-order valence-electron chi connectivity index (χ4n) is 2.33. The van der Waals surface area contributed by atoms with E-state index in [1.807, 2.05) is 24.3 Å². The van der Waals surface area contributed by atoms with Crippen LogP contribution in [-0.4, -0.2) is 31.0 Å². The van der Waals surface area contributed by atoms with Gasteiger partial charge in [0.1, 0.15) is 6.61 Å². The predicted molar refractivity (Wildman–Crippen MR) is 90.7 cm³/mol. The van der Waals surface area contributed by atoms with Gasteiger partial charge in [-0.3, -0.25) is 5.32 Å². The Balaban J connectivity index is 2.10. The summed E-state index contributed by atoms with van der Waals surface area (Å²) >= 11 is 0. The Bertz CT molecular complexity index is 717. The molecule has 1 atom stereocenters. The number of ether oxygens (including phenoxy) is 2. The van der Waals surface area contributed by atoms with Gasteiger partial charge in [-0.15, -0.1) is 0 Å². The molecule has 2 aromatic rings. The summed E-state index contributed by atoms with van der Waals surface area (Å²) in [5, 5.41) is 2.35. The van der Waals surface area contributed by atoms with Crippen LogP contribution in [0.3, 0.4) is 0 Å². The van der Waals surface area contributed by atoms with E-state index in [1.165, 1.54) is 0 Å². The number of amides is 1. The summed E-state index contributed by atoms with van der Waals surface area (Å²) in [6.45, 7) is 0.0219. The van der Waals surface area contributed by atoms with Crippen molar-refractivity contribution in [2.45, 2.75) is 18.6 Å². The maximum Gasteiger partial charge on any atom is 0.408 e. The van der Waals surface area contributed by atoms with Gasteiger partial charge in [0.2, 0.25) is 5.54 Å². The number of nitrogens with one attached hydrogen (secondary N) is 1. The SMILES string of the molecule is COC(=O)[C@@](C=O)(Cc1ccccc1)NC(=O)OCc1ccccc1. The smallest absolute Gasteiger partial charge is 0.408 e. The molecule has 0 aliphatic rings. The monoisotopic (exact) mass is 341 g/mol. The van der Waals surface area contributed by atoms with Gasteiger partial charge in [-0.05, 0) is 11.1 Å². The Kier molecular flexibility index (Phi) is 6.28. The van der Waals surface area contributed by atoms with Crippen molar-refractivity contribution in [1.29, 1.82) is 0 Å². The third-order valence-corrected chi connectivity index (χ3v) is 3.61. The minimum Gasteiger partial charge on any atom is -0.467 e. The Morgan fingerprint density at radius 1 is 1.00 bits per heavy atom. The molecule has 6 nitrogen and oxygen atoms in total. The van der Waals surface area contributed by atoms with Crippen LogP contribution in [0.1, 0.15) is 11.1 Å². The van der Waals surface area contributed by atoms with Crippen LogP contribution >= 0.6 is 0 Å². The first-order chi connectivity index (χ1) is 12.1.